The summed E-state index contributed by atoms with van der Waals surface area (Å²) in [5.74, 6) is 0. The van der Waals surface area contributed by atoms with E-state index < -0.39 is 0 Å². The summed E-state index contributed by atoms with van der Waals surface area (Å²) < 4.78 is 0. The maximum absolute atomic E-state index is 4.52. The molecule has 1 N–H and O–H groups in total. The topological polar surface area (TPSA) is 28.7 Å². The highest BCUT2D eigenvalue weighted by Gasteiger charge is 2.07. The van der Waals surface area contributed by atoms with Crippen LogP contribution < -0.4 is 0 Å². The van der Waals surface area contributed by atoms with Crippen LogP contribution in [0.15, 0.2) is 60.8 Å². The highest BCUT2D eigenvalue weighted by Crippen LogP contribution is 2.28. The lowest BCUT2D eigenvalue weighted by molar-refractivity contribution is 1.31. The number of H-pyrrole nitrogens is 1. The van der Waals surface area contributed by atoms with Gasteiger partial charge in [0.15, 0.2) is 0 Å². The highest BCUT2D eigenvalue weighted by molar-refractivity contribution is 6.09. The van der Waals surface area contributed by atoms with Crippen molar-refractivity contribution in [2.75, 3.05) is 0 Å². The van der Waals surface area contributed by atoms with Crippen molar-refractivity contribution in [3.8, 4) is 0 Å². The SMILES string of the molecule is Cc1ccc2c(c1)[nH]c1c(/C=C/c3ccccc3)nccc12. The van der Waals surface area contributed by atoms with Crippen molar-refractivity contribution >= 4 is 34.0 Å². The maximum Gasteiger partial charge on any atom is 0.0871 e. The molecule has 2 aromatic carbocycles. The van der Waals surface area contributed by atoms with Crippen LogP contribution in [0.4, 0.5) is 0 Å². The van der Waals surface area contributed by atoms with Crippen molar-refractivity contribution in [3.05, 3.63) is 77.6 Å². The van der Waals surface area contributed by atoms with Gasteiger partial charge < -0.3 is 4.98 Å². The van der Waals surface area contributed by atoms with E-state index >= 15 is 0 Å². The number of rotatable bonds is 2. The van der Waals surface area contributed by atoms with Crippen LogP contribution >= 0.6 is 0 Å². The van der Waals surface area contributed by atoms with Crippen LogP contribution in [0, 0.1) is 6.92 Å². The summed E-state index contributed by atoms with van der Waals surface area (Å²) in [5, 5.41) is 2.47. The molecule has 2 heterocycles. The smallest absolute Gasteiger partial charge is 0.0871 e. The number of hydrogen-bond acceptors (Lipinski definition) is 1. The van der Waals surface area contributed by atoms with Gasteiger partial charge in [0.1, 0.15) is 0 Å². The van der Waals surface area contributed by atoms with Crippen LogP contribution in [0.5, 0.6) is 0 Å². The molecule has 0 bridgehead atoms. The van der Waals surface area contributed by atoms with Gasteiger partial charge in [0.05, 0.1) is 11.2 Å². The first-order valence-corrected chi connectivity index (χ1v) is 7.41. The predicted octanol–water partition coefficient (Wildman–Crippen LogP) is 5.19. The molecule has 22 heavy (non-hydrogen) atoms. The van der Waals surface area contributed by atoms with Gasteiger partial charge in [-0.1, -0.05) is 48.5 Å². The molecule has 0 saturated carbocycles. The monoisotopic (exact) mass is 284 g/mol. The van der Waals surface area contributed by atoms with Crippen molar-refractivity contribution in [3.63, 3.8) is 0 Å². The summed E-state index contributed by atoms with van der Waals surface area (Å²) in [5.41, 5.74) is 5.66. The van der Waals surface area contributed by atoms with Gasteiger partial charge in [-0.15, -0.1) is 0 Å². The van der Waals surface area contributed by atoms with Gasteiger partial charge in [0.2, 0.25) is 0 Å². The van der Waals surface area contributed by atoms with E-state index in [1.165, 1.54) is 21.9 Å². The average molecular weight is 284 g/mol. The molecule has 2 nitrogen and oxygen atoms in total. The molecule has 0 fully saturated rings. The third-order valence-corrected chi connectivity index (χ3v) is 3.94. The Morgan fingerprint density at radius 2 is 1.77 bits per heavy atom. The minimum Gasteiger partial charge on any atom is -0.353 e. The van der Waals surface area contributed by atoms with Gasteiger partial charge in [0, 0.05) is 22.5 Å². The van der Waals surface area contributed by atoms with Crippen molar-refractivity contribution in [1.29, 1.82) is 0 Å². The summed E-state index contributed by atoms with van der Waals surface area (Å²) >= 11 is 0. The first-order valence-electron chi connectivity index (χ1n) is 7.41. The first-order chi connectivity index (χ1) is 10.8. The summed E-state index contributed by atoms with van der Waals surface area (Å²) in [6.45, 7) is 2.11. The zero-order chi connectivity index (χ0) is 14.9. The van der Waals surface area contributed by atoms with Crippen molar-refractivity contribution < 1.29 is 0 Å². The molecule has 0 saturated heterocycles. The number of benzene rings is 2. The second-order valence-electron chi connectivity index (χ2n) is 5.54. The van der Waals surface area contributed by atoms with E-state index in [2.05, 4.69) is 65.4 Å². The summed E-state index contributed by atoms with van der Waals surface area (Å²) in [6.07, 6.45) is 6.04. The van der Waals surface area contributed by atoms with E-state index in [4.69, 9.17) is 0 Å². The van der Waals surface area contributed by atoms with E-state index in [1.54, 1.807) is 0 Å². The Morgan fingerprint density at radius 3 is 2.64 bits per heavy atom. The van der Waals surface area contributed by atoms with Gasteiger partial charge in [-0.2, -0.15) is 0 Å². The lowest BCUT2D eigenvalue weighted by Gasteiger charge is -1.96. The molecule has 0 unspecified atom stereocenters. The fourth-order valence-corrected chi connectivity index (χ4v) is 2.83. The summed E-state index contributed by atoms with van der Waals surface area (Å²) in [4.78, 5) is 8.03. The van der Waals surface area contributed by atoms with Crippen molar-refractivity contribution in [2.24, 2.45) is 0 Å². The van der Waals surface area contributed by atoms with E-state index in [9.17, 15) is 0 Å². The molecule has 0 aliphatic rings. The summed E-state index contributed by atoms with van der Waals surface area (Å²) in [6, 6.07) is 18.9. The Morgan fingerprint density at radius 1 is 0.909 bits per heavy atom. The predicted molar refractivity (Wildman–Crippen MR) is 93.7 cm³/mol. The first kappa shape index (κ1) is 12.8. The molecule has 2 aromatic heterocycles. The largest absolute Gasteiger partial charge is 0.353 e. The molecule has 2 heteroatoms. The molecule has 0 radical (unpaired) electrons. The lowest BCUT2D eigenvalue weighted by Crippen LogP contribution is -1.82. The standard InChI is InChI=1S/C20H16N2/c1-14-7-9-16-17-11-12-21-18(20(17)22-19(16)13-14)10-8-15-5-3-2-4-6-15/h2-13,22H,1H3/b10-8+. The Kier molecular flexibility index (Phi) is 3.01. The van der Waals surface area contributed by atoms with Gasteiger partial charge in [-0.05, 0) is 36.3 Å². The number of aromatic nitrogens is 2. The Balaban J connectivity index is 1.88. The third kappa shape index (κ3) is 2.19. The molecule has 106 valence electrons. The number of aryl methyl sites for hydroxylation is 1. The molecular weight excluding hydrogens is 268 g/mol. The number of aromatic amines is 1. The van der Waals surface area contributed by atoms with Crippen LogP contribution in [0.3, 0.4) is 0 Å². The zero-order valence-electron chi connectivity index (χ0n) is 12.4. The third-order valence-electron chi connectivity index (χ3n) is 3.94. The van der Waals surface area contributed by atoms with Crippen LogP contribution in [-0.2, 0) is 0 Å². The van der Waals surface area contributed by atoms with Crippen molar-refractivity contribution in [2.45, 2.75) is 6.92 Å². The second-order valence-corrected chi connectivity index (χ2v) is 5.54. The number of nitrogens with zero attached hydrogens (tertiary/aromatic N) is 1. The summed E-state index contributed by atoms with van der Waals surface area (Å²) in [7, 11) is 0. The molecule has 4 aromatic rings. The van der Waals surface area contributed by atoms with Crippen LogP contribution in [0.1, 0.15) is 16.8 Å². The molecule has 0 spiro atoms. The molecule has 0 aliphatic carbocycles. The number of pyridine rings is 1. The maximum atomic E-state index is 4.52. The van der Waals surface area contributed by atoms with E-state index in [-0.39, 0.29) is 0 Å². The molecular formula is C20H16N2. The Labute approximate surface area is 129 Å². The second kappa shape index (κ2) is 5.15. The lowest BCUT2D eigenvalue weighted by atomic mass is 10.1. The molecule has 4 rings (SSSR count). The fourth-order valence-electron chi connectivity index (χ4n) is 2.83. The van der Waals surface area contributed by atoms with Gasteiger partial charge in [-0.25, -0.2) is 0 Å². The van der Waals surface area contributed by atoms with Crippen LogP contribution in [0.25, 0.3) is 34.0 Å². The van der Waals surface area contributed by atoms with E-state index in [0.29, 0.717) is 0 Å². The molecule has 0 aliphatic heterocycles. The van der Waals surface area contributed by atoms with Crippen molar-refractivity contribution in [1.82, 2.24) is 9.97 Å². The highest BCUT2D eigenvalue weighted by atomic mass is 14.8. The number of fused-ring (bicyclic) bond motifs is 3. The van der Waals surface area contributed by atoms with E-state index in [0.717, 1.165) is 16.7 Å². The quantitative estimate of drug-likeness (QED) is 0.539. The van der Waals surface area contributed by atoms with Gasteiger partial charge in [-0.3, -0.25) is 4.98 Å². The molecule has 0 atom stereocenters. The van der Waals surface area contributed by atoms with Gasteiger partial charge >= 0.3 is 0 Å². The molecule has 0 amide bonds. The van der Waals surface area contributed by atoms with E-state index in [1.807, 2.05) is 24.4 Å². The van der Waals surface area contributed by atoms with Crippen LogP contribution in [-0.4, -0.2) is 9.97 Å². The minimum absolute atomic E-state index is 0.968. The van der Waals surface area contributed by atoms with Gasteiger partial charge in [0.25, 0.3) is 0 Å². The number of nitrogens with one attached hydrogen (secondary N) is 1. The Hall–Kier alpha value is -2.87. The number of hydrogen-bond donors (Lipinski definition) is 1. The normalized spacial score (nSPS) is 11.7. The minimum atomic E-state index is 0.968. The average Bonchev–Trinajstić information content (AvgIpc) is 2.92. The van der Waals surface area contributed by atoms with Crippen LogP contribution in [0.2, 0.25) is 0 Å². The zero-order valence-corrected chi connectivity index (χ0v) is 12.4. The fraction of sp³-hybridized carbons (Fsp3) is 0.0500. The Bertz CT molecular complexity index is 979.